The van der Waals surface area contributed by atoms with Gasteiger partial charge >= 0.3 is 5.76 Å². The van der Waals surface area contributed by atoms with Crippen molar-refractivity contribution in [2.45, 2.75) is 6.54 Å². The summed E-state index contributed by atoms with van der Waals surface area (Å²) in [5.74, 6) is 2.15. The van der Waals surface area contributed by atoms with Crippen LogP contribution in [-0.2, 0) is 6.54 Å². The van der Waals surface area contributed by atoms with Crippen molar-refractivity contribution in [3.63, 3.8) is 0 Å². The van der Waals surface area contributed by atoms with E-state index < -0.39 is 0 Å². The van der Waals surface area contributed by atoms with Gasteiger partial charge in [-0.1, -0.05) is 18.1 Å². The van der Waals surface area contributed by atoms with E-state index in [1.54, 1.807) is 10.6 Å². The molecule has 0 radical (unpaired) electrons. The number of terminal acetylenes is 1. The first kappa shape index (κ1) is 10.5. The van der Waals surface area contributed by atoms with Gasteiger partial charge in [0.05, 0.1) is 12.1 Å². The summed E-state index contributed by atoms with van der Waals surface area (Å²) in [6.07, 6.45) is 5.11. The highest BCUT2D eigenvalue weighted by molar-refractivity contribution is 5.72. The van der Waals surface area contributed by atoms with Crippen LogP contribution in [0.4, 0.5) is 0 Å². The predicted molar refractivity (Wildman–Crippen MR) is 62.2 cm³/mol. The van der Waals surface area contributed by atoms with E-state index >= 15 is 0 Å². The molecule has 0 amide bonds. The second-order valence-corrected chi connectivity index (χ2v) is 3.37. The Morgan fingerprint density at radius 1 is 1.44 bits per heavy atom. The number of rotatable bonds is 4. The number of para-hydroxylation sites is 2. The van der Waals surface area contributed by atoms with Crippen LogP contribution in [0.5, 0.6) is 0 Å². The van der Waals surface area contributed by atoms with Gasteiger partial charge in [-0.25, -0.2) is 4.79 Å². The number of hydrogen-bond donors (Lipinski definition) is 1. The number of nitrogens with one attached hydrogen (secondary N) is 1. The lowest BCUT2D eigenvalue weighted by molar-refractivity contribution is 0.498. The lowest BCUT2D eigenvalue weighted by Gasteiger charge is -2.01. The summed E-state index contributed by atoms with van der Waals surface area (Å²) in [5.41, 5.74) is 1.43. The Morgan fingerprint density at radius 2 is 2.25 bits per heavy atom. The zero-order chi connectivity index (χ0) is 11.4. The van der Waals surface area contributed by atoms with E-state index in [0.29, 0.717) is 25.2 Å². The Balaban J connectivity index is 2.20. The zero-order valence-electron chi connectivity index (χ0n) is 8.77. The molecule has 2 aromatic rings. The molecule has 2 rings (SSSR count). The van der Waals surface area contributed by atoms with Gasteiger partial charge in [0.1, 0.15) is 0 Å². The number of benzene rings is 1. The molecule has 0 bridgehead atoms. The van der Waals surface area contributed by atoms with Crippen LogP contribution >= 0.6 is 0 Å². The summed E-state index contributed by atoms with van der Waals surface area (Å²) in [7, 11) is 0. The van der Waals surface area contributed by atoms with Crippen molar-refractivity contribution in [3.05, 3.63) is 34.8 Å². The molecule has 16 heavy (non-hydrogen) atoms. The third-order valence-corrected chi connectivity index (χ3v) is 2.31. The Labute approximate surface area is 92.9 Å². The number of hydrogen-bond acceptors (Lipinski definition) is 3. The first-order chi connectivity index (χ1) is 7.83. The molecule has 0 aliphatic heterocycles. The third kappa shape index (κ3) is 2.00. The maximum atomic E-state index is 11.5. The molecule has 0 saturated heterocycles. The average Bonchev–Trinajstić information content (AvgIpc) is 2.61. The van der Waals surface area contributed by atoms with Crippen molar-refractivity contribution in [2.75, 3.05) is 13.1 Å². The quantitative estimate of drug-likeness (QED) is 0.608. The van der Waals surface area contributed by atoms with Gasteiger partial charge in [0.15, 0.2) is 5.58 Å². The fourth-order valence-corrected chi connectivity index (χ4v) is 1.58. The fraction of sp³-hybridized carbons (Fsp3) is 0.250. The SMILES string of the molecule is C#CCNCCn1c(=O)oc2ccccc21. The third-order valence-electron chi connectivity index (χ3n) is 2.31. The molecular formula is C12H12N2O2. The van der Waals surface area contributed by atoms with Crippen LogP contribution in [0.2, 0.25) is 0 Å². The number of fused-ring (bicyclic) bond motifs is 1. The standard InChI is InChI=1S/C12H12N2O2/c1-2-7-13-8-9-14-10-5-3-4-6-11(10)16-12(14)15/h1,3-6,13H,7-9H2. The van der Waals surface area contributed by atoms with Gasteiger partial charge in [-0.3, -0.25) is 4.57 Å². The molecule has 82 valence electrons. The second-order valence-electron chi connectivity index (χ2n) is 3.37. The van der Waals surface area contributed by atoms with Crippen LogP contribution in [0, 0.1) is 12.3 Å². The minimum Gasteiger partial charge on any atom is -0.408 e. The van der Waals surface area contributed by atoms with Crippen molar-refractivity contribution in [1.29, 1.82) is 0 Å². The summed E-state index contributed by atoms with van der Waals surface area (Å²) in [5, 5.41) is 3.03. The maximum absolute atomic E-state index is 11.5. The normalized spacial score (nSPS) is 10.4. The number of oxazole rings is 1. The van der Waals surface area contributed by atoms with Crippen molar-refractivity contribution in [3.8, 4) is 12.3 Å². The van der Waals surface area contributed by atoms with Crippen molar-refractivity contribution >= 4 is 11.1 Å². The topological polar surface area (TPSA) is 47.2 Å². The Hall–Kier alpha value is -1.99. The second kappa shape index (κ2) is 4.69. The van der Waals surface area contributed by atoms with Gasteiger partial charge in [0.2, 0.25) is 0 Å². The van der Waals surface area contributed by atoms with E-state index in [9.17, 15) is 4.79 Å². The Morgan fingerprint density at radius 3 is 3.06 bits per heavy atom. The van der Waals surface area contributed by atoms with E-state index in [0.717, 1.165) is 5.52 Å². The molecule has 0 aliphatic rings. The average molecular weight is 216 g/mol. The summed E-state index contributed by atoms with van der Waals surface area (Å²) in [6, 6.07) is 7.36. The highest BCUT2D eigenvalue weighted by Gasteiger charge is 2.06. The van der Waals surface area contributed by atoms with Crippen LogP contribution in [0.25, 0.3) is 11.1 Å². The van der Waals surface area contributed by atoms with Crippen LogP contribution in [-0.4, -0.2) is 17.7 Å². The van der Waals surface area contributed by atoms with Crippen molar-refractivity contribution < 1.29 is 4.42 Å². The number of nitrogens with zero attached hydrogens (tertiary/aromatic N) is 1. The van der Waals surface area contributed by atoms with Gasteiger partial charge in [-0.2, -0.15) is 0 Å². The van der Waals surface area contributed by atoms with Gasteiger partial charge in [-0.05, 0) is 12.1 Å². The van der Waals surface area contributed by atoms with E-state index in [4.69, 9.17) is 10.8 Å². The lowest BCUT2D eigenvalue weighted by Crippen LogP contribution is -2.24. The summed E-state index contributed by atoms with van der Waals surface area (Å²) in [4.78, 5) is 11.5. The molecule has 0 unspecified atom stereocenters. The van der Waals surface area contributed by atoms with Crippen LogP contribution < -0.4 is 11.1 Å². The molecule has 1 aromatic heterocycles. The summed E-state index contributed by atoms with van der Waals surface area (Å²) in [6.45, 7) is 1.70. The van der Waals surface area contributed by atoms with Gasteiger partial charge in [-0.15, -0.1) is 6.42 Å². The molecule has 4 nitrogen and oxygen atoms in total. The largest absolute Gasteiger partial charge is 0.419 e. The van der Waals surface area contributed by atoms with Crippen molar-refractivity contribution in [2.24, 2.45) is 0 Å². The molecule has 1 N–H and O–H groups in total. The molecule has 0 fully saturated rings. The molecule has 0 saturated carbocycles. The predicted octanol–water partition coefficient (Wildman–Crippen LogP) is 0.817. The molecular weight excluding hydrogens is 204 g/mol. The fourth-order valence-electron chi connectivity index (χ4n) is 1.58. The minimum absolute atomic E-state index is 0.330. The van der Waals surface area contributed by atoms with E-state index in [2.05, 4.69) is 11.2 Å². The highest BCUT2D eigenvalue weighted by Crippen LogP contribution is 2.10. The van der Waals surface area contributed by atoms with Gasteiger partial charge in [0.25, 0.3) is 0 Å². The van der Waals surface area contributed by atoms with Gasteiger partial charge < -0.3 is 9.73 Å². The first-order valence-electron chi connectivity index (χ1n) is 5.05. The minimum atomic E-state index is -0.330. The Kier molecular flexibility index (Phi) is 3.08. The highest BCUT2D eigenvalue weighted by atomic mass is 16.4. The van der Waals surface area contributed by atoms with E-state index in [1.165, 1.54) is 0 Å². The molecule has 1 aromatic carbocycles. The maximum Gasteiger partial charge on any atom is 0.419 e. The molecule has 4 heteroatoms. The van der Waals surface area contributed by atoms with Crippen LogP contribution in [0.1, 0.15) is 0 Å². The van der Waals surface area contributed by atoms with Crippen LogP contribution in [0.3, 0.4) is 0 Å². The van der Waals surface area contributed by atoms with Gasteiger partial charge in [0, 0.05) is 13.1 Å². The monoisotopic (exact) mass is 216 g/mol. The molecule has 0 atom stereocenters. The van der Waals surface area contributed by atoms with E-state index in [1.807, 2.05) is 18.2 Å². The zero-order valence-corrected chi connectivity index (χ0v) is 8.77. The van der Waals surface area contributed by atoms with E-state index in [-0.39, 0.29) is 5.76 Å². The van der Waals surface area contributed by atoms with Crippen molar-refractivity contribution in [1.82, 2.24) is 9.88 Å². The Bertz CT molecular complexity index is 574. The molecule has 0 aliphatic carbocycles. The smallest absolute Gasteiger partial charge is 0.408 e. The first-order valence-corrected chi connectivity index (χ1v) is 5.05. The van der Waals surface area contributed by atoms with Crippen LogP contribution in [0.15, 0.2) is 33.5 Å². The molecule has 0 spiro atoms. The summed E-state index contributed by atoms with van der Waals surface area (Å²) < 4.78 is 6.69. The lowest BCUT2D eigenvalue weighted by atomic mass is 10.3. The molecule has 1 heterocycles. The number of aromatic nitrogens is 1. The summed E-state index contributed by atoms with van der Waals surface area (Å²) >= 11 is 0.